The third kappa shape index (κ3) is 3.34. The third-order valence-corrected chi connectivity index (χ3v) is 2.35. The van der Waals surface area contributed by atoms with Crippen LogP contribution in [0.2, 0.25) is 0 Å². The molecule has 5 heteroatoms. The Kier molecular flexibility index (Phi) is 3.96. The summed E-state index contributed by atoms with van der Waals surface area (Å²) in [4.78, 5) is 14.7. The lowest BCUT2D eigenvalue weighted by molar-refractivity contribution is 0.152. The summed E-state index contributed by atoms with van der Waals surface area (Å²) in [6.45, 7) is 6.81. The Morgan fingerprint density at radius 3 is 1.95 bits per heavy atom. The molecule has 0 aliphatic rings. The maximum atomic E-state index is 11.5. The molecule has 96 valence electrons. The SMILES string of the molecule is [C-]#[N+]c1ccc(OC(=O)Oc2ccc(C#N)cc2)cc1. The second-order valence-corrected chi connectivity index (χ2v) is 3.70. The number of rotatable bonds is 2. The van der Waals surface area contributed by atoms with Crippen molar-refractivity contribution in [2.75, 3.05) is 0 Å². The smallest absolute Gasteiger partial charge is 0.395 e. The first-order valence-electron chi connectivity index (χ1n) is 5.58. The number of benzene rings is 2. The van der Waals surface area contributed by atoms with Gasteiger partial charge in [-0.2, -0.15) is 5.26 Å². The lowest BCUT2D eigenvalue weighted by Gasteiger charge is -2.05. The highest BCUT2D eigenvalue weighted by Gasteiger charge is 2.07. The summed E-state index contributed by atoms with van der Waals surface area (Å²) in [7, 11) is 0. The zero-order valence-electron chi connectivity index (χ0n) is 10.2. The Bertz CT molecular complexity index is 630. The predicted octanol–water partition coefficient (Wildman–Crippen LogP) is 3.69. The molecule has 0 fully saturated rings. The van der Waals surface area contributed by atoms with Crippen LogP contribution in [0.25, 0.3) is 4.85 Å². The fraction of sp³-hybridized carbons (Fsp3) is 0. The minimum absolute atomic E-state index is 0.284. The largest absolute Gasteiger partial charge is 0.519 e. The van der Waals surface area contributed by atoms with Crippen molar-refractivity contribution >= 4 is 11.8 Å². The van der Waals surface area contributed by atoms with Gasteiger partial charge in [-0.15, -0.1) is 0 Å². The summed E-state index contributed by atoms with van der Waals surface area (Å²) < 4.78 is 9.89. The van der Waals surface area contributed by atoms with Gasteiger partial charge >= 0.3 is 6.16 Å². The molecule has 0 aliphatic carbocycles. The number of hydrogen-bond acceptors (Lipinski definition) is 4. The van der Waals surface area contributed by atoms with E-state index in [1.54, 1.807) is 0 Å². The van der Waals surface area contributed by atoms with Crippen LogP contribution in [0.5, 0.6) is 11.5 Å². The average Bonchev–Trinajstić information content (AvgIpc) is 2.49. The van der Waals surface area contributed by atoms with E-state index in [0.29, 0.717) is 11.3 Å². The molecule has 0 unspecified atom stereocenters. The molecule has 0 saturated heterocycles. The van der Waals surface area contributed by atoms with E-state index in [9.17, 15) is 4.79 Å². The molecule has 0 N–H and O–H groups in total. The number of carbonyl (C=O) groups is 1. The van der Waals surface area contributed by atoms with E-state index in [1.807, 2.05) is 6.07 Å². The summed E-state index contributed by atoms with van der Waals surface area (Å²) >= 11 is 0. The van der Waals surface area contributed by atoms with E-state index in [-0.39, 0.29) is 11.5 Å². The van der Waals surface area contributed by atoms with Gasteiger partial charge < -0.3 is 9.47 Å². The topological polar surface area (TPSA) is 63.7 Å². The highest BCUT2D eigenvalue weighted by atomic mass is 16.7. The van der Waals surface area contributed by atoms with Crippen molar-refractivity contribution in [2.45, 2.75) is 0 Å². The van der Waals surface area contributed by atoms with Crippen molar-refractivity contribution in [2.24, 2.45) is 0 Å². The average molecular weight is 264 g/mol. The molecular formula is C15H8N2O3. The van der Waals surface area contributed by atoms with Crippen molar-refractivity contribution in [3.05, 3.63) is 65.5 Å². The molecule has 5 nitrogen and oxygen atoms in total. The first-order chi connectivity index (χ1) is 9.71. The first kappa shape index (κ1) is 13.1. The third-order valence-electron chi connectivity index (χ3n) is 2.35. The maximum Gasteiger partial charge on any atom is 0.519 e. The van der Waals surface area contributed by atoms with Gasteiger partial charge in [0.1, 0.15) is 11.5 Å². The van der Waals surface area contributed by atoms with Crippen molar-refractivity contribution < 1.29 is 14.3 Å². The molecule has 0 bridgehead atoms. The Morgan fingerprint density at radius 2 is 1.50 bits per heavy atom. The molecule has 0 atom stereocenters. The van der Waals surface area contributed by atoms with Crippen LogP contribution < -0.4 is 9.47 Å². The van der Waals surface area contributed by atoms with Gasteiger partial charge in [0.2, 0.25) is 0 Å². The summed E-state index contributed by atoms with van der Waals surface area (Å²) in [6, 6.07) is 14.1. The van der Waals surface area contributed by atoms with Gasteiger partial charge in [0, 0.05) is 0 Å². The minimum atomic E-state index is -0.884. The Labute approximate surface area is 115 Å². The summed E-state index contributed by atoms with van der Waals surface area (Å²) in [5.41, 5.74) is 0.929. The van der Waals surface area contributed by atoms with E-state index in [2.05, 4.69) is 4.85 Å². The van der Waals surface area contributed by atoms with Crippen LogP contribution in [0.3, 0.4) is 0 Å². The second-order valence-electron chi connectivity index (χ2n) is 3.70. The number of ether oxygens (including phenoxy) is 2. The Balaban J connectivity index is 1.97. The van der Waals surface area contributed by atoms with Crippen molar-refractivity contribution in [1.82, 2.24) is 0 Å². The van der Waals surface area contributed by atoms with Crippen LogP contribution in [0.1, 0.15) is 5.56 Å². The van der Waals surface area contributed by atoms with Crippen LogP contribution in [0.15, 0.2) is 48.5 Å². The van der Waals surface area contributed by atoms with Crippen LogP contribution in [0, 0.1) is 17.9 Å². The van der Waals surface area contributed by atoms with Gasteiger partial charge in [-0.25, -0.2) is 9.64 Å². The Morgan fingerprint density at radius 1 is 1.00 bits per heavy atom. The highest BCUT2D eigenvalue weighted by Crippen LogP contribution is 2.19. The van der Waals surface area contributed by atoms with Crippen molar-refractivity contribution in [3.63, 3.8) is 0 Å². The molecule has 0 aromatic heterocycles. The number of nitriles is 1. The molecule has 0 amide bonds. The van der Waals surface area contributed by atoms with Gasteiger partial charge in [0.05, 0.1) is 18.2 Å². The second kappa shape index (κ2) is 6.03. The predicted molar refractivity (Wildman–Crippen MR) is 70.5 cm³/mol. The van der Waals surface area contributed by atoms with Crippen molar-refractivity contribution in [1.29, 1.82) is 5.26 Å². The normalized spacial score (nSPS) is 9.10. The highest BCUT2D eigenvalue weighted by molar-refractivity contribution is 5.67. The van der Waals surface area contributed by atoms with Gasteiger partial charge in [0.25, 0.3) is 0 Å². The minimum Gasteiger partial charge on any atom is -0.395 e. The van der Waals surface area contributed by atoms with Gasteiger partial charge in [-0.3, -0.25) is 0 Å². The van der Waals surface area contributed by atoms with Crippen LogP contribution in [-0.4, -0.2) is 6.16 Å². The monoisotopic (exact) mass is 264 g/mol. The maximum absolute atomic E-state index is 11.5. The van der Waals surface area contributed by atoms with E-state index < -0.39 is 6.16 Å². The summed E-state index contributed by atoms with van der Waals surface area (Å²) in [5, 5.41) is 8.64. The molecule has 0 aliphatic heterocycles. The number of hydrogen-bond donors (Lipinski definition) is 0. The zero-order chi connectivity index (χ0) is 14.4. The standard InChI is InChI=1S/C15H8N2O3/c1-17-12-4-8-14(9-5-12)20-15(18)19-13-6-2-11(10-16)3-7-13/h2-9H. The lowest BCUT2D eigenvalue weighted by Crippen LogP contribution is -2.13. The molecular weight excluding hydrogens is 256 g/mol. The number of carbonyl (C=O) groups excluding carboxylic acids is 1. The quantitative estimate of drug-likeness (QED) is 0.471. The van der Waals surface area contributed by atoms with E-state index in [1.165, 1.54) is 48.5 Å². The molecule has 20 heavy (non-hydrogen) atoms. The molecule has 0 saturated carbocycles. The van der Waals surface area contributed by atoms with E-state index >= 15 is 0 Å². The summed E-state index contributed by atoms with van der Waals surface area (Å²) in [6.07, 6.45) is -0.884. The fourth-order valence-corrected chi connectivity index (χ4v) is 1.40. The van der Waals surface area contributed by atoms with Gasteiger partial charge in [-0.1, -0.05) is 12.1 Å². The van der Waals surface area contributed by atoms with E-state index in [4.69, 9.17) is 21.3 Å². The van der Waals surface area contributed by atoms with Gasteiger partial charge in [-0.05, 0) is 36.4 Å². The molecule has 0 spiro atoms. The molecule has 0 radical (unpaired) electrons. The van der Waals surface area contributed by atoms with Crippen LogP contribution in [-0.2, 0) is 0 Å². The Hall–Kier alpha value is -3.31. The molecule has 2 aromatic rings. The fourth-order valence-electron chi connectivity index (χ4n) is 1.40. The zero-order valence-corrected chi connectivity index (χ0v) is 10.2. The van der Waals surface area contributed by atoms with E-state index in [0.717, 1.165) is 0 Å². The number of nitrogens with zero attached hydrogens (tertiary/aromatic N) is 2. The van der Waals surface area contributed by atoms with Crippen LogP contribution >= 0.6 is 0 Å². The first-order valence-corrected chi connectivity index (χ1v) is 5.58. The van der Waals surface area contributed by atoms with Gasteiger partial charge in [0.15, 0.2) is 5.69 Å². The lowest BCUT2D eigenvalue weighted by atomic mass is 10.2. The molecule has 0 heterocycles. The van der Waals surface area contributed by atoms with Crippen LogP contribution in [0.4, 0.5) is 10.5 Å². The summed E-state index contributed by atoms with van der Waals surface area (Å²) in [5.74, 6) is 0.572. The van der Waals surface area contributed by atoms with Crippen molar-refractivity contribution in [3.8, 4) is 17.6 Å². The molecule has 2 rings (SSSR count). The molecule has 2 aromatic carbocycles.